The second-order valence-corrected chi connectivity index (χ2v) is 5.50. The van der Waals surface area contributed by atoms with Crippen LogP contribution in [0.25, 0.3) is 0 Å². The topological polar surface area (TPSA) is 66.4 Å². The first-order chi connectivity index (χ1) is 8.15. The molecule has 4 nitrogen and oxygen atoms in total. The summed E-state index contributed by atoms with van der Waals surface area (Å²) in [5.41, 5.74) is 0. The van der Waals surface area contributed by atoms with Gasteiger partial charge in [-0.3, -0.25) is 4.79 Å². The lowest BCUT2D eigenvalue weighted by atomic mass is 10.2. The molecule has 1 aromatic heterocycles. The van der Waals surface area contributed by atoms with Gasteiger partial charge in [-0.05, 0) is 24.5 Å². The summed E-state index contributed by atoms with van der Waals surface area (Å²) < 4.78 is 0. The highest BCUT2D eigenvalue weighted by Crippen LogP contribution is 2.33. The van der Waals surface area contributed by atoms with E-state index in [1.165, 1.54) is 24.2 Å². The molecule has 0 unspecified atom stereocenters. The molecule has 1 heterocycles. The van der Waals surface area contributed by atoms with E-state index in [9.17, 15) is 9.59 Å². The number of carboxylic acids is 1. The third-order valence-corrected chi connectivity index (χ3v) is 3.88. The molecule has 1 fully saturated rings. The monoisotopic (exact) mass is 253 g/mol. The fourth-order valence-corrected chi connectivity index (χ4v) is 2.39. The van der Waals surface area contributed by atoms with Gasteiger partial charge in [0.2, 0.25) is 5.91 Å². The molecular weight excluding hydrogens is 238 g/mol. The zero-order valence-corrected chi connectivity index (χ0v) is 10.3. The number of aromatic carboxylic acids is 1. The minimum absolute atomic E-state index is 0.0576. The summed E-state index contributed by atoms with van der Waals surface area (Å²) >= 11 is 1.21. The lowest BCUT2D eigenvalue weighted by Gasteiger charge is -2.02. The van der Waals surface area contributed by atoms with Gasteiger partial charge in [-0.1, -0.05) is 12.8 Å². The predicted molar refractivity (Wildman–Crippen MR) is 65.1 cm³/mol. The molecule has 2 N–H and O–H groups in total. The van der Waals surface area contributed by atoms with Crippen LogP contribution < -0.4 is 5.32 Å². The molecule has 5 heteroatoms. The molecule has 1 aromatic rings. The van der Waals surface area contributed by atoms with Gasteiger partial charge in [0.15, 0.2) is 0 Å². The summed E-state index contributed by atoms with van der Waals surface area (Å²) in [4.78, 5) is 23.3. The second kappa shape index (κ2) is 5.31. The van der Waals surface area contributed by atoms with Crippen molar-refractivity contribution in [1.82, 2.24) is 5.32 Å². The molecule has 1 amide bonds. The Morgan fingerprint density at radius 3 is 2.76 bits per heavy atom. The van der Waals surface area contributed by atoms with Gasteiger partial charge < -0.3 is 10.4 Å². The van der Waals surface area contributed by atoms with Crippen molar-refractivity contribution in [3.05, 3.63) is 21.9 Å². The van der Waals surface area contributed by atoms with E-state index in [1.54, 1.807) is 12.1 Å². The highest BCUT2D eigenvalue weighted by atomic mass is 32.1. The van der Waals surface area contributed by atoms with Crippen LogP contribution in [0.15, 0.2) is 12.1 Å². The number of carbonyl (C=O) groups excluding carboxylic acids is 1. The number of carbonyl (C=O) groups is 2. The lowest BCUT2D eigenvalue weighted by Crippen LogP contribution is -2.21. The van der Waals surface area contributed by atoms with E-state index in [4.69, 9.17) is 5.11 Å². The van der Waals surface area contributed by atoms with Crippen molar-refractivity contribution < 1.29 is 14.7 Å². The van der Waals surface area contributed by atoms with E-state index < -0.39 is 5.97 Å². The standard InChI is InChI=1S/C12H15NO3S/c14-11(6-3-8-1-2-8)13-7-9-4-5-10(17-9)12(15)16/h4-5,8H,1-3,6-7H2,(H,13,14)(H,15,16). The minimum atomic E-state index is -0.915. The van der Waals surface area contributed by atoms with Crippen LogP contribution in [0, 0.1) is 5.92 Å². The van der Waals surface area contributed by atoms with Gasteiger partial charge in [-0.25, -0.2) is 4.79 Å². The Hall–Kier alpha value is -1.36. The summed E-state index contributed by atoms with van der Waals surface area (Å²) in [5.74, 6) is -0.0930. The Balaban J connectivity index is 1.72. The number of rotatable bonds is 6. The number of amides is 1. The Morgan fingerprint density at radius 1 is 1.41 bits per heavy atom. The van der Waals surface area contributed by atoms with E-state index in [0.29, 0.717) is 17.8 Å². The molecule has 0 aliphatic heterocycles. The maximum atomic E-state index is 11.5. The van der Waals surface area contributed by atoms with Crippen LogP contribution >= 0.6 is 11.3 Å². The van der Waals surface area contributed by atoms with Gasteiger partial charge in [-0.15, -0.1) is 11.3 Å². The smallest absolute Gasteiger partial charge is 0.345 e. The first-order valence-corrected chi connectivity index (χ1v) is 6.55. The summed E-state index contributed by atoms with van der Waals surface area (Å²) in [5, 5.41) is 11.6. The SMILES string of the molecule is O=C(CCC1CC1)NCc1ccc(C(=O)O)s1. The third kappa shape index (κ3) is 3.85. The van der Waals surface area contributed by atoms with Crippen molar-refractivity contribution in [2.45, 2.75) is 32.2 Å². The number of nitrogens with one attached hydrogen (secondary N) is 1. The van der Waals surface area contributed by atoms with Gasteiger partial charge in [0, 0.05) is 11.3 Å². The molecule has 1 saturated carbocycles. The van der Waals surface area contributed by atoms with Crippen molar-refractivity contribution >= 4 is 23.2 Å². The lowest BCUT2D eigenvalue weighted by molar-refractivity contribution is -0.121. The fourth-order valence-electron chi connectivity index (χ4n) is 1.60. The van der Waals surface area contributed by atoms with Crippen molar-refractivity contribution in [2.75, 3.05) is 0 Å². The van der Waals surface area contributed by atoms with Gasteiger partial charge in [0.1, 0.15) is 4.88 Å². The van der Waals surface area contributed by atoms with Crippen molar-refractivity contribution in [2.24, 2.45) is 5.92 Å². The van der Waals surface area contributed by atoms with Gasteiger partial charge in [-0.2, -0.15) is 0 Å². The van der Waals surface area contributed by atoms with Crippen LogP contribution in [0.4, 0.5) is 0 Å². The molecule has 0 bridgehead atoms. The molecule has 0 spiro atoms. The molecule has 92 valence electrons. The average Bonchev–Trinajstić information content (AvgIpc) is 3.00. The van der Waals surface area contributed by atoms with Crippen molar-refractivity contribution in [3.63, 3.8) is 0 Å². The maximum absolute atomic E-state index is 11.5. The van der Waals surface area contributed by atoms with E-state index in [0.717, 1.165) is 17.2 Å². The molecular formula is C12H15NO3S. The van der Waals surface area contributed by atoms with Crippen LogP contribution in [0.3, 0.4) is 0 Å². The molecule has 0 saturated heterocycles. The number of thiophene rings is 1. The van der Waals surface area contributed by atoms with Crippen LogP contribution in [0.1, 0.15) is 40.2 Å². The Morgan fingerprint density at radius 2 is 2.18 bits per heavy atom. The largest absolute Gasteiger partial charge is 0.477 e. The number of hydrogen-bond donors (Lipinski definition) is 2. The Kier molecular flexibility index (Phi) is 3.78. The van der Waals surface area contributed by atoms with Gasteiger partial charge in [0.25, 0.3) is 0 Å². The van der Waals surface area contributed by atoms with Gasteiger partial charge >= 0.3 is 5.97 Å². The van der Waals surface area contributed by atoms with Crippen LogP contribution in [-0.2, 0) is 11.3 Å². The summed E-state index contributed by atoms with van der Waals surface area (Å²) in [6.07, 6.45) is 4.10. The first-order valence-electron chi connectivity index (χ1n) is 5.74. The quantitative estimate of drug-likeness (QED) is 0.817. The van der Waals surface area contributed by atoms with Crippen LogP contribution in [0.2, 0.25) is 0 Å². The van der Waals surface area contributed by atoms with Crippen LogP contribution in [0.5, 0.6) is 0 Å². The normalized spacial score (nSPS) is 14.6. The number of hydrogen-bond acceptors (Lipinski definition) is 3. The van der Waals surface area contributed by atoms with Crippen molar-refractivity contribution in [1.29, 1.82) is 0 Å². The molecule has 0 radical (unpaired) electrons. The first kappa shape index (κ1) is 12.1. The van der Waals surface area contributed by atoms with E-state index in [1.807, 2.05) is 0 Å². The summed E-state index contributed by atoms with van der Waals surface area (Å²) in [6.45, 7) is 0.432. The third-order valence-electron chi connectivity index (χ3n) is 2.81. The zero-order valence-electron chi connectivity index (χ0n) is 9.44. The predicted octanol–water partition coefficient (Wildman–Crippen LogP) is 2.25. The molecule has 1 aliphatic carbocycles. The molecule has 0 aromatic carbocycles. The summed E-state index contributed by atoms with van der Waals surface area (Å²) in [6, 6.07) is 3.31. The van der Waals surface area contributed by atoms with Crippen LogP contribution in [-0.4, -0.2) is 17.0 Å². The number of carboxylic acid groups (broad SMARTS) is 1. The minimum Gasteiger partial charge on any atom is -0.477 e. The van der Waals surface area contributed by atoms with E-state index >= 15 is 0 Å². The Bertz CT molecular complexity index is 423. The van der Waals surface area contributed by atoms with E-state index in [2.05, 4.69) is 5.32 Å². The average molecular weight is 253 g/mol. The maximum Gasteiger partial charge on any atom is 0.345 e. The highest BCUT2D eigenvalue weighted by molar-refractivity contribution is 7.13. The Labute approximate surface area is 104 Å². The molecule has 0 atom stereocenters. The van der Waals surface area contributed by atoms with Gasteiger partial charge in [0.05, 0.1) is 6.54 Å². The highest BCUT2D eigenvalue weighted by Gasteiger charge is 2.21. The van der Waals surface area contributed by atoms with E-state index in [-0.39, 0.29) is 5.91 Å². The molecule has 2 rings (SSSR count). The second-order valence-electron chi connectivity index (χ2n) is 4.33. The zero-order chi connectivity index (χ0) is 12.3. The molecule has 17 heavy (non-hydrogen) atoms. The fraction of sp³-hybridized carbons (Fsp3) is 0.500. The van der Waals surface area contributed by atoms with Crippen molar-refractivity contribution in [3.8, 4) is 0 Å². The summed E-state index contributed by atoms with van der Waals surface area (Å²) in [7, 11) is 0. The molecule has 1 aliphatic rings.